The van der Waals surface area contributed by atoms with Gasteiger partial charge in [-0.1, -0.05) is 0 Å². The predicted octanol–water partition coefficient (Wildman–Crippen LogP) is 2.15. The molecule has 0 radical (unpaired) electrons. The third-order valence-electron chi connectivity index (χ3n) is 4.01. The van der Waals surface area contributed by atoms with Crippen molar-refractivity contribution in [2.24, 2.45) is 0 Å². The second kappa shape index (κ2) is 3.67. The van der Waals surface area contributed by atoms with Gasteiger partial charge in [0.25, 0.3) is 0 Å². The summed E-state index contributed by atoms with van der Waals surface area (Å²) in [5, 5.41) is 9.50. The molecule has 0 unspecified atom stereocenters. The van der Waals surface area contributed by atoms with Gasteiger partial charge in [-0.15, -0.1) is 0 Å². The molecule has 2 rings (SSSR count). The van der Waals surface area contributed by atoms with Gasteiger partial charge in [0.15, 0.2) is 0 Å². The predicted molar refractivity (Wildman–Crippen MR) is 58.6 cm³/mol. The van der Waals surface area contributed by atoms with Crippen LogP contribution in [-0.4, -0.2) is 28.2 Å². The molecule has 1 heterocycles. The highest BCUT2D eigenvalue weighted by Gasteiger charge is 2.54. The fraction of sp³-hybridized carbons (Fsp3) is 1.00. The van der Waals surface area contributed by atoms with Gasteiger partial charge in [-0.2, -0.15) is 0 Å². The number of aliphatic hydroxyl groups is 1. The van der Waals surface area contributed by atoms with Crippen LogP contribution >= 0.6 is 0 Å². The highest BCUT2D eigenvalue weighted by atomic mass is 17.3. The fourth-order valence-corrected chi connectivity index (χ4v) is 2.11. The maximum atomic E-state index is 9.50. The largest absolute Gasteiger partial charge is 0.393 e. The smallest absolute Gasteiger partial charge is 0.202 e. The molecule has 0 bridgehead atoms. The zero-order valence-electron chi connectivity index (χ0n) is 10.6. The molecule has 0 aromatic carbocycles. The third-order valence-corrected chi connectivity index (χ3v) is 4.01. The van der Waals surface area contributed by atoms with Gasteiger partial charge in [-0.25, -0.2) is 9.78 Å². The molecule has 2 fully saturated rings. The maximum absolute atomic E-state index is 9.50. The number of hydrogen-bond donors (Lipinski definition) is 1. The summed E-state index contributed by atoms with van der Waals surface area (Å²) in [4.78, 5) is 11.0. The van der Waals surface area contributed by atoms with Gasteiger partial charge in [0.2, 0.25) is 5.79 Å². The number of rotatable bonds is 0. The van der Waals surface area contributed by atoms with Crippen LogP contribution in [0, 0.1) is 0 Å². The Kier molecular flexibility index (Phi) is 2.82. The van der Waals surface area contributed by atoms with E-state index in [1.807, 2.05) is 27.7 Å². The van der Waals surface area contributed by atoms with E-state index >= 15 is 0 Å². The molecule has 1 saturated heterocycles. The molecule has 0 aromatic rings. The van der Waals surface area contributed by atoms with Crippen LogP contribution in [0.2, 0.25) is 0 Å². The highest BCUT2D eigenvalue weighted by molar-refractivity contribution is 4.94. The van der Waals surface area contributed by atoms with Gasteiger partial charge < -0.3 is 9.84 Å². The minimum Gasteiger partial charge on any atom is -0.393 e. The third kappa shape index (κ3) is 1.99. The Balaban J connectivity index is 2.10. The molecule has 4 nitrogen and oxygen atoms in total. The Hall–Kier alpha value is -0.160. The highest BCUT2D eigenvalue weighted by Crippen LogP contribution is 2.45. The van der Waals surface area contributed by atoms with E-state index in [9.17, 15) is 5.11 Å². The van der Waals surface area contributed by atoms with Crippen LogP contribution in [0.4, 0.5) is 0 Å². The van der Waals surface area contributed by atoms with Crippen LogP contribution in [-0.2, 0) is 14.5 Å². The zero-order chi connectivity index (χ0) is 12.0. The van der Waals surface area contributed by atoms with E-state index in [4.69, 9.17) is 14.5 Å². The molecular weight excluding hydrogens is 208 g/mol. The van der Waals surface area contributed by atoms with E-state index in [-0.39, 0.29) is 6.10 Å². The fourth-order valence-electron chi connectivity index (χ4n) is 2.11. The summed E-state index contributed by atoms with van der Waals surface area (Å²) >= 11 is 0. The average Bonchev–Trinajstić information content (AvgIpc) is 2.18. The zero-order valence-corrected chi connectivity index (χ0v) is 10.6. The molecule has 1 saturated carbocycles. The van der Waals surface area contributed by atoms with Crippen molar-refractivity contribution in [3.8, 4) is 0 Å². The van der Waals surface area contributed by atoms with E-state index in [0.29, 0.717) is 25.7 Å². The summed E-state index contributed by atoms with van der Waals surface area (Å²) in [5.41, 5.74) is -0.859. The van der Waals surface area contributed by atoms with E-state index < -0.39 is 17.0 Å². The van der Waals surface area contributed by atoms with Crippen LogP contribution in [0.25, 0.3) is 0 Å². The quantitative estimate of drug-likeness (QED) is 0.648. The molecule has 1 spiro atoms. The van der Waals surface area contributed by atoms with Crippen molar-refractivity contribution >= 4 is 0 Å². The minimum absolute atomic E-state index is 0.226. The van der Waals surface area contributed by atoms with Crippen molar-refractivity contribution in [3.63, 3.8) is 0 Å². The van der Waals surface area contributed by atoms with E-state index in [2.05, 4.69) is 0 Å². The van der Waals surface area contributed by atoms with Crippen LogP contribution < -0.4 is 0 Å². The molecular formula is C12H22O4. The first-order valence-electron chi connectivity index (χ1n) is 6.01. The summed E-state index contributed by atoms with van der Waals surface area (Å²) in [5.74, 6) is -0.655. The van der Waals surface area contributed by atoms with Crippen LogP contribution in [0.5, 0.6) is 0 Å². The Bertz CT molecular complexity index is 264. The van der Waals surface area contributed by atoms with E-state index in [0.717, 1.165) is 0 Å². The second-order valence-corrected chi connectivity index (χ2v) is 5.93. The lowest BCUT2D eigenvalue weighted by atomic mass is 9.85. The van der Waals surface area contributed by atoms with E-state index in [1.165, 1.54) is 0 Å². The summed E-state index contributed by atoms with van der Waals surface area (Å²) in [7, 11) is 0. The van der Waals surface area contributed by atoms with Crippen molar-refractivity contribution in [1.29, 1.82) is 0 Å². The maximum Gasteiger partial charge on any atom is 0.202 e. The lowest BCUT2D eigenvalue weighted by Gasteiger charge is -2.53. The Labute approximate surface area is 96.8 Å². The van der Waals surface area contributed by atoms with Gasteiger partial charge in [-0.05, 0) is 40.5 Å². The van der Waals surface area contributed by atoms with Crippen LogP contribution in [0.3, 0.4) is 0 Å². The number of aliphatic hydroxyl groups excluding tert-OH is 1. The average molecular weight is 230 g/mol. The molecule has 94 valence electrons. The van der Waals surface area contributed by atoms with Crippen LogP contribution in [0.1, 0.15) is 53.4 Å². The van der Waals surface area contributed by atoms with Crippen molar-refractivity contribution in [3.05, 3.63) is 0 Å². The van der Waals surface area contributed by atoms with E-state index in [1.54, 1.807) is 0 Å². The molecule has 0 aromatic heterocycles. The van der Waals surface area contributed by atoms with Crippen molar-refractivity contribution in [2.45, 2.75) is 76.5 Å². The molecule has 1 aliphatic carbocycles. The Morgan fingerprint density at radius 3 is 2.00 bits per heavy atom. The lowest BCUT2D eigenvalue weighted by molar-refractivity contribution is -0.544. The van der Waals surface area contributed by atoms with Crippen molar-refractivity contribution in [2.75, 3.05) is 0 Å². The number of ether oxygens (including phenoxy) is 1. The number of hydrogen-bond acceptors (Lipinski definition) is 4. The minimum atomic E-state index is -0.655. The molecule has 4 heteroatoms. The normalized spacial score (nSPS) is 42.2. The second-order valence-electron chi connectivity index (χ2n) is 5.93. The molecule has 2 aliphatic rings. The molecule has 1 N–H and O–H groups in total. The lowest BCUT2D eigenvalue weighted by Crippen LogP contribution is -2.61. The summed E-state index contributed by atoms with van der Waals surface area (Å²) in [6, 6.07) is 0. The first-order valence-corrected chi connectivity index (χ1v) is 6.01. The van der Waals surface area contributed by atoms with Gasteiger partial charge in [-0.3, -0.25) is 0 Å². The molecule has 1 aliphatic heterocycles. The first-order chi connectivity index (χ1) is 7.27. The summed E-state index contributed by atoms with van der Waals surface area (Å²) < 4.78 is 6.11. The topological polar surface area (TPSA) is 47.9 Å². The monoisotopic (exact) mass is 230 g/mol. The summed E-state index contributed by atoms with van der Waals surface area (Å²) in [6.07, 6.45) is 2.57. The van der Waals surface area contributed by atoms with Gasteiger partial charge in [0.1, 0.15) is 5.60 Å². The molecule has 0 atom stereocenters. The summed E-state index contributed by atoms with van der Waals surface area (Å²) in [6.45, 7) is 7.94. The van der Waals surface area contributed by atoms with Crippen LogP contribution in [0.15, 0.2) is 0 Å². The van der Waals surface area contributed by atoms with Crippen molar-refractivity contribution in [1.82, 2.24) is 0 Å². The molecule has 0 amide bonds. The van der Waals surface area contributed by atoms with Gasteiger partial charge in [0, 0.05) is 12.8 Å². The Morgan fingerprint density at radius 1 is 0.938 bits per heavy atom. The molecule has 16 heavy (non-hydrogen) atoms. The van der Waals surface area contributed by atoms with Gasteiger partial charge >= 0.3 is 0 Å². The SMILES string of the molecule is CC1(C)OOC2(CCC(O)CC2)OC1(C)C. The first kappa shape index (κ1) is 12.3. The standard InChI is InChI=1S/C12H22O4/c1-10(2)11(3,4)15-16-12(14-10)7-5-9(13)6-8-12/h9,13H,5-8H2,1-4H3. The Morgan fingerprint density at radius 2 is 1.50 bits per heavy atom. The van der Waals surface area contributed by atoms with Crippen molar-refractivity contribution < 1.29 is 19.6 Å². The van der Waals surface area contributed by atoms with Gasteiger partial charge in [0.05, 0.1) is 11.7 Å².